The van der Waals surface area contributed by atoms with E-state index < -0.39 is 10.0 Å². The Morgan fingerprint density at radius 1 is 1.06 bits per heavy atom. The molecule has 31 heavy (non-hydrogen) atoms. The van der Waals surface area contributed by atoms with Gasteiger partial charge in [-0.15, -0.1) is 0 Å². The maximum absolute atomic E-state index is 13.4. The number of amides is 1. The molecule has 1 saturated heterocycles. The Labute approximate surface area is 188 Å². The summed E-state index contributed by atoms with van der Waals surface area (Å²) < 4.78 is 39.3. The summed E-state index contributed by atoms with van der Waals surface area (Å²) in [7, 11) is -1.25. The van der Waals surface area contributed by atoms with Gasteiger partial charge in [0.05, 0.1) is 25.5 Å². The number of halogens is 1. The molecule has 3 rings (SSSR count). The number of rotatable bonds is 6. The van der Waals surface area contributed by atoms with Crippen LogP contribution in [0.25, 0.3) is 0 Å². The van der Waals surface area contributed by atoms with Crippen LogP contribution >= 0.6 is 11.6 Å². The second-order valence-electron chi connectivity index (χ2n) is 7.65. The predicted molar refractivity (Wildman–Crippen MR) is 121 cm³/mol. The number of benzene rings is 2. The molecule has 2 atom stereocenters. The van der Waals surface area contributed by atoms with Crippen LogP contribution in [-0.2, 0) is 10.0 Å². The summed E-state index contributed by atoms with van der Waals surface area (Å²) in [6.45, 7) is 4.01. The number of hydrogen-bond acceptors (Lipinski definition) is 5. The Kier molecular flexibility index (Phi) is 7.01. The molecule has 0 bridgehead atoms. The lowest BCUT2D eigenvalue weighted by molar-refractivity contribution is 0.0512. The lowest BCUT2D eigenvalue weighted by atomic mass is 9.96. The fourth-order valence-corrected chi connectivity index (χ4v) is 5.37. The number of piperidine rings is 1. The molecule has 9 heteroatoms. The van der Waals surface area contributed by atoms with E-state index in [4.69, 9.17) is 21.1 Å². The number of ether oxygens (including phenoxy) is 2. The summed E-state index contributed by atoms with van der Waals surface area (Å²) >= 11 is 6.16. The summed E-state index contributed by atoms with van der Waals surface area (Å²) in [5.41, 5.74) is 0.364. The summed E-state index contributed by atoms with van der Waals surface area (Å²) in [5.74, 6) is 0.274. The van der Waals surface area contributed by atoms with Crippen molar-refractivity contribution in [1.82, 2.24) is 4.90 Å². The van der Waals surface area contributed by atoms with E-state index in [1.165, 1.54) is 38.5 Å². The van der Waals surface area contributed by atoms with Crippen molar-refractivity contribution >= 4 is 33.2 Å². The third-order valence-corrected chi connectivity index (χ3v) is 7.17. The third-order valence-electron chi connectivity index (χ3n) is 5.54. The molecule has 0 radical (unpaired) electrons. The van der Waals surface area contributed by atoms with Crippen molar-refractivity contribution in [2.45, 2.75) is 50.1 Å². The maximum Gasteiger partial charge on any atom is 0.265 e. The Balaban J connectivity index is 2.02. The molecule has 2 aromatic carbocycles. The summed E-state index contributed by atoms with van der Waals surface area (Å²) in [6.07, 6.45) is 2.86. The fourth-order valence-electron chi connectivity index (χ4n) is 3.94. The molecule has 1 heterocycles. The first-order valence-electron chi connectivity index (χ1n) is 10.0. The van der Waals surface area contributed by atoms with Gasteiger partial charge in [0.2, 0.25) is 0 Å². The second kappa shape index (κ2) is 9.36. The molecule has 1 fully saturated rings. The van der Waals surface area contributed by atoms with Gasteiger partial charge in [-0.1, -0.05) is 11.6 Å². The van der Waals surface area contributed by atoms with Gasteiger partial charge in [0.25, 0.3) is 15.9 Å². The van der Waals surface area contributed by atoms with E-state index in [-0.39, 0.29) is 39.9 Å². The number of nitrogens with one attached hydrogen (secondary N) is 1. The molecule has 1 amide bonds. The number of methoxy groups -OCH3 is 2. The minimum absolute atomic E-state index is 0.0539. The fraction of sp³-hybridized carbons (Fsp3) is 0.409. The topological polar surface area (TPSA) is 84.9 Å². The smallest absolute Gasteiger partial charge is 0.265 e. The van der Waals surface area contributed by atoms with E-state index >= 15 is 0 Å². The highest BCUT2D eigenvalue weighted by Crippen LogP contribution is 2.33. The Morgan fingerprint density at radius 3 is 2.35 bits per heavy atom. The molecule has 0 spiro atoms. The molecule has 0 saturated carbocycles. The van der Waals surface area contributed by atoms with E-state index in [0.29, 0.717) is 10.8 Å². The lowest BCUT2D eigenvalue weighted by Crippen LogP contribution is -2.47. The van der Waals surface area contributed by atoms with Crippen LogP contribution in [0.5, 0.6) is 11.5 Å². The normalized spacial score (nSPS) is 19.1. The number of carbonyl (C=O) groups excluding carboxylic acids is 1. The van der Waals surface area contributed by atoms with Gasteiger partial charge in [0.15, 0.2) is 0 Å². The minimum Gasteiger partial charge on any atom is -0.497 e. The first kappa shape index (κ1) is 23.2. The van der Waals surface area contributed by atoms with Gasteiger partial charge in [-0.3, -0.25) is 9.52 Å². The maximum atomic E-state index is 13.4. The molecule has 0 aromatic heterocycles. The van der Waals surface area contributed by atoms with E-state index in [2.05, 4.69) is 4.72 Å². The van der Waals surface area contributed by atoms with Gasteiger partial charge in [-0.2, -0.15) is 0 Å². The van der Waals surface area contributed by atoms with Crippen LogP contribution in [0.2, 0.25) is 5.02 Å². The van der Waals surface area contributed by atoms with Crippen LogP contribution in [0.1, 0.15) is 43.5 Å². The number of likely N-dealkylation sites (tertiary alicyclic amines) is 1. The van der Waals surface area contributed by atoms with E-state index in [1.54, 1.807) is 17.0 Å². The van der Waals surface area contributed by atoms with Crippen molar-refractivity contribution in [1.29, 1.82) is 0 Å². The molecule has 1 aliphatic rings. The molecule has 0 aliphatic carbocycles. The number of anilines is 1. The SMILES string of the molecule is COc1ccc(OC)c(S(=O)(=O)Nc2ccc(Cl)cc2C(=O)N2[C@H](C)CCC[C@H]2C)c1. The summed E-state index contributed by atoms with van der Waals surface area (Å²) in [4.78, 5) is 15.1. The zero-order valence-electron chi connectivity index (χ0n) is 18.0. The molecule has 0 unspecified atom stereocenters. The van der Waals surface area contributed by atoms with Gasteiger partial charge < -0.3 is 14.4 Å². The molecule has 168 valence electrons. The average molecular weight is 467 g/mol. The van der Waals surface area contributed by atoms with Crippen LogP contribution in [0.3, 0.4) is 0 Å². The van der Waals surface area contributed by atoms with Crippen molar-refractivity contribution < 1.29 is 22.7 Å². The van der Waals surface area contributed by atoms with E-state index in [0.717, 1.165) is 19.3 Å². The largest absolute Gasteiger partial charge is 0.497 e. The van der Waals surface area contributed by atoms with Gasteiger partial charge in [0, 0.05) is 23.2 Å². The molecule has 7 nitrogen and oxygen atoms in total. The minimum atomic E-state index is -4.08. The van der Waals surface area contributed by atoms with Crippen molar-refractivity contribution in [3.05, 3.63) is 47.0 Å². The van der Waals surface area contributed by atoms with Crippen LogP contribution in [0.15, 0.2) is 41.3 Å². The number of hydrogen-bond donors (Lipinski definition) is 1. The van der Waals surface area contributed by atoms with E-state index in [9.17, 15) is 13.2 Å². The molecule has 1 aliphatic heterocycles. The second-order valence-corrected chi connectivity index (χ2v) is 9.74. The predicted octanol–water partition coefficient (Wildman–Crippen LogP) is 4.56. The van der Waals surface area contributed by atoms with Gasteiger partial charge in [-0.05, 0) is 63.4 Å². The standard InChI is InChI=1S/C22H27ClN2O5S/c1-14-6-5-7-15(2)25(14)22(26)18-12-16(23)8-10-19(18)24-31(27,28)21-13-17(29-3)9-11-20(21)30-4/h8-15,24H,5-7H2,1-4H3/t14-,15-/m1/s1. The van der Waals surface area contributed by atoms with Crippen molar-refractivity contribution in [3.8, 4) is 11.5 Å². The Morgan fingerprint density at radius 2 is 1.74 bits per heavy atom. The molecule has 2 aromatic rings. The van der Waals surface area contributed by atoms with Gasteiger partial charge >= 0.3 is 0 Å². The number of sulfonamides is 1. The highest BCUT2D eigenvalue weighted by molar-refractivity contribution is 7.92. The third kappa shape index (κ3) is 4.91. The van der Waals surface area contributed by atoms with Crippen LogP contribution in [0.4, 0.5) is 5.69 Å². The monoisotopic (exact) mass is 466 g/mol. The molecular formula is C22H27ClN2O5S. The van der Waals surface area contributed by atoms with Crippen LogP contribution in [0, 0.1) is 0 Å². The first-order valence-corrected chi connectivity index (χ1v) is 11.9. The van der Waals surface area contributed by atoms with Crippen LogP contribution < -0.4 is 14.2 Å². The van der Waals surface area contributed by atoms with Gasteiger partial charge in [-0.25, -0.2) is 8.42 Å². The van der Waals surface area contributed by atoms with E-state index in [1.807, 2.05) is 13.8 Å². The first-order chi connectivity index (χ1) is 14.7. The van der Waals surface area contributed by atoms with Crippen molar-refractivity contribution in [2.24, 2.45) is 0 Å². The quantitative estimate of drug-likeness (QED) is 0.674. The molecule has 1 N–H and O–H groups in total. The summed E-state index contributed by atoms with van der Waals surface area (Å²) in [6, 6.07) is 9.14. The summed E-state index contributed by atoms with van der Waals surface area (Å²) in [5, 5.41) is 0.350. The lowest BCUT2D eigenvalue weighted by Gasteiger charge is -2.39. The molecular weight excluding hydrogens is 440 g/mol. The van der Waals surface area contributed by atoms with Crippen LogP contribution in [-0.4, -0.2) is 45.5 Å². The van der Waals surface area contributed by atoms with Gasteiger partial charge in [0.1, 0.15) is 16.4 Å². The number of nitrogens with zero attached hydrogens (tertiary/aromatic N) is 1. The average Bonchev–Trinajstić information content (AvgIpc) is 2.74. The highest BCUT2D eigenvalue weighted by atomic mass is 35.5. The highest BCUT2D eigenvalue weighted by Gasteiger charge is 2.32. The number of carbonyl (C=O) groups is 1. The van der Waals surface area contributed by atoms with Crippen molar-refractivity contribution in [3.63, 3.8) is 0 Å². The Hall–Kier alpha value is -2.45. The van der Waals surface area contributed by atoms with Crippen molar-refractivity contribution in [2.75, 3.05) is 18.9 Å². The Bertz CT molecular complexity index is 1060. The zero-order chi connectivity index (χ0) is 22.8. The zero-order valence-corrected chi connectivity index (χ0v) is 19.6.